The molecule has 2 aromatic rings. The molecule has 3 rings (SSSR count). The molecule has 23 heavy (non-hydrogen) atoms. The molecule has 1 saturated heterocycles. The minimum Gasteiger partial charge on any atom is -0.396 e. The summed E-state index contributed by atoms with van der Waals surface area (Å²) in [5, 5.41) is 20.7. The second-order valence-corrected chi connectivity index (χ2v) is 6.03. The van der Waals surface area contributed by atoms with Gasteiger partial charge in [-0.15, -0.1) is 0 Å². The molecule has 1 aliphatic heterocycles. The summed E-state index contributed by atoms with van der Waals surface area (Å²) in [6.07, 6.45) is 0.766. The number of aliphatic hydroxyl groups is 2. The summed E-state index contributed by atoms with van der Waals surface area (Å²) in [4.78, 5) is 14.8. The van der Waals surface area contributed by atoms with E-state index < -0.39 is 5.60 Å². The van der Waals surface area contributed by atoms with Gasteiger partial charge in [0.05, 0.1) is 0 Å². The quantitative estimate of drug-likeness (QED) is 0.904. The molecule has 1 atom stereocenters. The van der Waals surface area contributed by atoms with Crippen LogP contribution in [0, 0.1) is 5.92 Å². The van der Waals surface area contributed by atoms with Crippen molar-refractivity contribution in [2.75, 3.05) is 19.7 Å². The number of carbonyl (C=O) groups excluding carboxylic acids is 1. The Morgan fingerprint density at radius 3 is 2.00 bits per heavy atom. The van der Waals surface area contributed by atoms with E-state index in [0.29, 0.717) is 24.2 Å². The smallest absolute Gasteiger partial charge is 0.263 e. The van der Waals surface area contributed by atoms with Gasteiger partial charge in [-0.2, -0.15) is 0 Å². The van der Waals surface area contributed by atoms with Crippen LogP contribution in [-0.2, 0) is 10.4 Å². The van der Waals surface area contributed by atoms with Crippen LogP contribution in [0.4, 0.5) is 0 Å². The molecule has 1 unspecified atom stereocenters. The van der Waals surface area contributed by atoms with E-state index in [1.54, 1.807) is 29.2 Å². The lowest BCUT2D eigenvalue weighted by Gasteiger charge is -2.32. The zero-order valence-corrected chi connectivity index (χ0v) is 12.9. The first-order valence-corrected chi connectivity index (χ1v) is 7.90. The number of nitrogens with zero attached hydrogens (tertiary/aromatic N) is 1. The van der Waals surface area contributed by atoms with Crippen LogP contribution in [0.2, 0.25) is 0 Å². The van der Waals surface area contributed by atoms with Gasteiger partial charge in [-0.1, -0.05) is 60.7 Å². The molecule has 4 nitrogen and oxygen atoms in total. The molecule has 0 aliphatic carbocycles. The van der Waals surface area contributed by atoms with E-state index in [4.69, 9.17) is 0 Å². The fourth-order valence-electron chi connectivity index (χ4n) is 3.17. The van der Waals surface area contributed by atoms with Crippen molar-refractivity contribution in [2.45, 2.75) is 12.0 Å². The summed E-state index contributed by atoms with van der Waals surface area (Å²) in [5.41, 5.74) is -0.584. The predicted octanol–water partition coefficient (Wildman–Crippen LogP) is 1.76. The van der Waals surface area contributed by atoms with Crippen molar-refractivity contribution in [1.29, 1.82) is 0 Å². The Kier molecular flexibility index (Phi) is 4.46. The molecule has 0 saturated carbocycles. The first-order chi connectivity index (χ1) is 11.2. The van der Waals surface area contributed by atoms with Crippen molar-refractivity contribution < 1.29 is 15.0 Å². The Hall–Kier alpha value is -2.17. The van der Waals surface area contributed by atoms with Gasteiger partial charge in [-0.25, -0.2) is 0 Å². The van der Waals surface area contributed by atoms with Crippen molar-refractivity contribution in [3.8, 4) is 0 Å². The summed E-state index contributed by atoms with van der Waals surface area (Å²) < 4.78 is 0. The van der Waals surface area contributed by atoms with Gasteiger partial charge in [-0.05, 0) is 17.5 Å². The molecule has 0 aromatic heterocycles. The fraction of sp³-hybridized carbons (Fsp3) is 0.316. The van der Waals surface area contributed by atoms with E-state index in [1.165, 1.54) is 0 Å². The highest BCUT2D eigenvalue weighted by Gasteiger charge is 2.44. The van der Waals surface area contributed by atoms with Gasteiger partial charge in [0.1, 0.15) is 0 Å². The van der Waals surface area contributed by atoms with Crippen LogP contribution < -0.4 is 0 Å². The van der Waals surface area contributed by atoms with Crippen LogP contribution >= 0.6 is 0 Å². The van der Waals surface area contributed by atoms with Crippen molar-refractivity contribution in [2.24, 2.45) is 5.92 Å². The molecule has 2 N–H and O–H groups in total. The maximum atomic E-state index is 13.1. The molecular formula is C19H21NO3. The first-order valence-electron chi connectivity index (χ1n) is 7.90. The average Bonchev–Trinajstić information content (AvgIpc) is 3.11. The van der Waals surface area contributed by atoms with Gasteiger partial charge in [0, 0.05) is 25.6 Å². The van der Waals surface area contributed by atoms with Gasteiger partial charge in [0.2, 0.25) is 0 Å². The molecule has 4 heteroatoms. The highest BCUT2D eigenvalue weighted by Crippen LogP contribution is 2.33. The zero-order chi connectivity index (χ0) is 16.3. The Balaban J connectivity index is 2.01. The normalized spacial score (nSPS) is 18.2. The van der Waals surface area contributed by atoms with Crippen LogP contribution in [0.15, 0.2) is 60.7 Å². The summed E-state index contributed by atoms with van der Waals surface area (Å²) in [6, 6.07) is 18.1. The lowest BCUT2D eigenvalue weighted by atomic mass is 9.85. The summed E-state index contributed by atoms with van der Waals surface area (Å²) in [6.45, 7) is 1.11. The molecule has 1 fully saturated rings. The number of amides is 1. The van der Waals surface area contributed by atoms with E-state index in [-0.39, 0.29) is 18.4 Å². The van der Waals surface area contributed by atoms with Crippen LogP contribution in [0.3, 0.4) is 0 Å². The van der Waals surface area contributed by atoms with Gasteiger partial charge >= 0.3 is 0 Å². The SMILES string of the molecule is O=C(N1CCC(CO)C1)C(O)(c1ccccc1)c1ccccc1. The first kappa shape index (κ1) is 15.7. The van der Waals surface area contributed by atoms with Gasteiger partial charge < -0.3 is 15.1 Å². The minimum absolute atomic E-state index is 0.0683. The van der Waals surface area contributed by atoms with Crippen molar-refractivity contribution in [1.82, 2.24) is 4.90 Å². The number of hydrogen-bond donors (Lipinski definition) is 2. The molecule has 0 spiro atoms. The number of likely N-dealkylation sites (tertiary alicyclic amines) is 1. The third-order valence-electron chi connectivity index (χ3n) is 4.52. The Morgan fingerprint density at radius 1 is 1.04 bits per heavy atom. The summed E-state index contributed by atoms with van der Waals surface area (Å²) >= 11 is 0. The highest BCUT2D eigenvalue weighted by atomic mass is 16.3. The predicted molar refractivity (Wildman–Crippen MR) is 87.7 cm³/mol. The Labute approximate surface area is 136 Å². The molecular weight excluding hydrogens is 290 g/mol. The molecule has 1 amide bonds. The monoisotopic (exact) mass is 311 g/mol. The fourth-order valence-corrected chi connectivity index (χ4v) is 3.17. The molecule has 120 valence electrons. The van der Waals surface area contributed by atoms with E-state index in [1.807, 2.05) is 36.4 Å². The number of hydrogen-bond acceptors (Lipinski definition) is 3. The Bertz CT molecular complexity index is 617. The van der Waals surface area contributed by atoms with Gasteiger partial charge in [-0.3, -0.25) is 4.79 Å². The molecule has 0 bridgehead atoms. The van der Waals surface area contributed by atoms with E-state index in [0.717, 1.165) is 6.42 Å². The van der Waals surface area contributed by atoms with Gasteiger partial charge in [0.25, 0.3) is 5.91 Å². The zero-order valence-electron chi connectivity index (χ0n) is 12.9. The number of benzene rings is 2. The lowest BCUT2D eigenvalue weighted by Crippen LogP contribution is -2.47. The number of carbonyl (C=O) groups is 1. The molecule has 2 aromatic carbocycles. The largest absolute Gasteiger partial charge is 0.396 e. The van der Waals surface area contributed by atoms with Crippen molar-refractivity contribution >= 4 is 5.91 Å². The van der Waals surface area contributed by atoms with Crippen LogP contribution in [-0.4, -0.2) is 40.7 Å². The second-order valence-electron chi connectivity index (χ2n) is 6.03. The second kappa shape index (κ2) is 6.52. The molecule has 1 aliphatic rings. The maximum Gasteiger partial charge on any atom is 0.263 e. The minimum atomic E-state index is -1.70. The number of rotatable bonds is 4. The third kappa shape index (κ3) is 2.87. The maximum absolute atomic E-state index is 13.1. The highest BCUT2D eigenvalue weighted by molar-refractivity contribution is 5.90. The standard InChI is InChI=1S/C19H21NO3/c21-14-15-11-12-20(13-15)18(22)19(23,16-7-3-1-4-8-16)17-9-5-2-6-10-17/h1-10,15,21,23H,11-14H2. The van der Waals surface area contributed by atoms with Crippen LogP contribution in [0.5, 0.6) is 0 Å². The third-order valence-corrected chi connectivity index (χ3v) is 4.52. The average molecular weight is 311 g/mol. The van der Waals surface area contributed by atoms with E-state index >= 15 is 0 Å². The van der Waals surface area contributed by atoms with Crippen molar-refractivity contribution in [3.63, 3.8) is 0 Å². The number of aliphatic hydroxyl groups excluding tert-OH is 1. The summed E-state index contributed by atoms with van der Waals surface area (Å²) in [5.74, 6) is -0.236. The van der Waals surface area contributed by atoms with Crippen LogP contribution in [0.1, 0.15) is 17.5 Å². The summed E-state index contributed by atoms with van der Waals surface area (Å²) in [7, 11) is 0. The molecule has 0 radical (unpaired) electrons. The van der Waals surface area contributed by atoms with Gasteiger partial charge in [0.15, 0.2) is 5.60 Å². The van der Waals surface area contributed by atoms with Crippen LogP contribution in [0.25, 0.3) is 0 Å². The van der Waals surface area contributed by atoms with E-state index in [9.17, 15) is 15.0 Å². The Morgan fingerprint density at radius 2 is 1.57 bits per heavy atom. The van der Waals surface area contributed by atoms with E-state index in [2.05, 4.69) is 0 Å². The topological polar surface area (TPSA) is 60.8 Å². The van der Waals surface area contributed by atoms with Crippen molar-refractivity contribution in [3.05, 3.63) is 71.8 Å². The lowest BCUT2D eigenvalue weighted by molar-refractivity contribution is -0.147. The molecule has 1 heterocycles.